The molecule has 6 heteroatoms. The van der Waals surface area contributed by atoms with E-state index in [1.165, 1.54) is 0 Å². The second kappa shape index (κ2) is 8.25. The molecule has 1 aliphatic heterocycles. The molecule has 0 saturated carbocycles. The van der Waals surface area contributed by atoms with Crippen LogP contribution in [0.5, 0.6) is 0 Å². The fourth-order valence-corrected chi connectivity index (χ4v) is 1.94. The molecule has 17 heavy (non-hydrogen) atoms. The van der Waals surface area contributed by atoms with Crippen molar-refractivity contribution in [2.75, 3.05) is 39.9 Å². The molecule has 1 amide bonds. The molecule has 1 saturated heterocycles. The van der Waals surface area contributed by atoms with Gasteiger partial charge in [-0.3, -0.25) is 4.79 Å². The third kappa shape index (κ3) is 5.83. The largest absolute Gasteiger partial charge is 0.383 e. The maximum atomic E-state index is 11.7. The number of methoxy groups -OCH3 is 1. The van der Waals surface area contributed by atoms with Gasteiger partial charge in [0.15, 0.2) is 5.11 Å². The monoisotopic (exact) mass is 259 g/mol. The Morgan fingerprint density at radius 3 is 2.59 bits per heavy atom. The lowest BCUT2D eigenvalue weighted by atomic mass is 10.3. The summed E-state index contributed by atoms with van der Waals surface area (Å²) in [5.74, 6) is 0.217. The van der Waals surface area contributed by atoms with Crippen LogP contribution >= 0.6 is 12.2 Å². The summed E-state index contributed by atoms with van der Waals surface area (Å²) in [6.45, 7) is 3.72. The summed E-state index contributed by atoms with van der Waals surface area (Å²) in [5, 5.41) is 6.59. The van der Waals surface area contributed by atoms with Crippen molar-refractivity contribution in [3.63, 3.8) is 0 Å². The van der Waals surface area contributed by atoms with Gasteiger partial charge in [-0.25, -0.2) is 0 Å². The molecular weight excluding hydrogens is 238 g/mol. The number of hydrogen-bond donors (Lipinski definition) is 2. The first-order valence-corrected chi connectivity index (χ1v) is 6.43. The summed E-state index contributed by atoms with van der Waals surface area (Å²) in [6.07, 6.45) is 2.78. The molecule has 0 atom stereocenters. The summed E-state index contributed by atoms with van der Waals surface area (Å²) >= 11 is 5.05. The van der Waals surface area contributed by atoms with Crippen LogP contribution in [-0.4, -0.2) is 55.8 Å². The van der Waals surface area contributed by atoms with Gasteiger partial charge in [-0.15, -0.1) is 0 Å². The second-order valence-corrected chi connectivity index (χ2v) is 4.42. The molecule has 0 unspecified atom stereocenters. The Kier molecular flexibility index (Phi) is 6.88. The number of nitrogens with one attached hydrogen (secondary N) is 2. The Labute approximate surface area is 108 Å². The molecule has 0 bridgehead atoms. The molecule has 0 aromatic carbocycles. The predicted octanol–water partition coefficient (Wildman–Crippen LogP) is 0.109. The van der Waals surface area contributed by atoms with E-state index in [4.69, 9.17) is 17.0 Å². The van der Waals surface area contributed by atoms with E-state index in [2.05, 4.69) is 10.6 Å². The van der Waals surface area contributed by atoms with Gasteiger partial charge in [0.1, 0.15) is 0 Å². The van der Waals surface area contributed by atoms with E-state index < -0.39 is 0 Å². The van der Waals surface area contributed by atoms with Crippen LogP contribution in [0.4, 0.5) is 0 Å². The molecule has 0 radical (unpaired) electrons. The number of likely N-dealkylation sites (tertiary alicyclic amines) is 1. The minimum Gasteiger partial charge on any atom is -0.383 e. The van der Waals surface area contributed by atoms with Gasteiger partial charge in [-0.05, 0) is 25.1 Å². The summed E-state index contributed by atoms with van der Waals surface area (Å²) in [4.78, 5) is 13.6. The van der Waals surface area contributed by atoms with E-state index in [1.54, 1.807) is 7.11 Å². The molecule has 0 aliphatic carbocycles. The third-order valence-electron chi connectivity index (χ3n) is 2.67. The highest BCUT2D eigenvalue weighted by Gasteiger charge is 2.16. The quantitative estimate of drug-likeness (QED) is 0.524. The number of amides is 1. The lowest BCUT2D eigenvalue weighted by Crippen LogP contribution is -2.39. The molecular formula is C11H21N3O2S. The Hall–Kier alpha value is -0.880. The van der Waals surface area contributed by atoms with Gasteiger partial charge < -0.3 is 20.3 Å². The number of carbonyl (C=O) groups is 1. The fraction of sp³-hybridized carbons (Fsp3) is 0.818. The number of hydrogen-bond acceptors (Lipinski definition) is 3. The Morgan fingerprint density at radius 1 is 1.29 bits per heavy atom. The molecule has 1 fully saturated rings. The van der Waals surface area contributed by atoms with Gasteiger partial charge in [0.05, 0.1) is 6.61 Å². The average molecular weight is 259 g/mol. The van der Waals surface area contributed by atoms with Gasteiger partial charge in [0, 0.05) is 39.7 Å². The number of nitrogens with zero attached hydrogens (tertiary/aromatic N) is 1. The van der Waals surface area contributed by atoms with Crippen LogP contribution in [0.3, 0.4) is 0 Å². The number of carbonyl (C=O) groups excluding carboxylic acids is 1. The smallest absolute Gasteiger partial charge is 0.224 e. The average Bonchev–Trinajstić information content (AvgIpc) is 2.82. The summed E-state index contributed by atoms with van der Waals surface area (Å²) in [6, 6.07) is 0. The molecule has 0 spiro atoms. The first kappa shape index (κ1) is 14.2. The zero-order chi connectivity index (χ0) is 12.5. The Balaban J connectivity index is 2.02. The van der Waals surface area contributed by atoms with Crippen molar-refractivity contribution >= 4 is 23.2 Å². The van der Waals surface area contributed by atoms with Crippen molar-refractivity contribution in [2.45, 2.75) is 19.3 Å². The number of thiocarbonyl (C=S) groups is 1. The highest BCUT2D eigenvalue weighted by Crippen LogP contribution is 2.08. The zero-order valence-corrected chi connectivity index (χ0v) is 11.1. The molecule has 0 aromatic heterocycles. The van der Waals surface area contributed by atoms with Crippen LogP contribution in [0, 0.1) is 0 Å². The van der Waals surface area contributed by atoms with Crippen molar-refractivity contribution in [3.05, 3.63) is 0 Å². The van der Waals surface area contributed by atoms with Crippen molar-refractivity contribution in [2.24, 2.45) is 0 Å². The summed E-state index contributed by atoms with van der Waals surface area (Å²) in [5.41, 5.74) is 0. The number of rotatable bonds is 6. The highest BCUT2D eigenvalue weighted by molar-refractivity contribution is 7.80. The van der Waals surface area contributed by atoms with Crippen molar-refractivity contribution in [1.29, 1.82) is 0 Å². The lowest BCUT2D eigenvalue weighted by molar-refractivity contribution is -0.129. The van der Waals surface area contributed by atoms with Crippen molar-refractivity contribution in [3.8, 4) is 0 Å². The molecule has 1 rings (SSSR count). The fourth-order valence-electron chi connectivity index (χ4n) is 1.74. The highest BCUT2D eigenvalue weighted by atomic mass is 32.1. The van der Waals surface area contributed by atoms with Gasteiger partial charge in [-0.2, -0.15) is 0 Å². The van der Waals surface area contributed by atoms with Crippen LogP contribution in [0.1, 0.15) is 19.3 Å². The van der Waals surface area contributed by atoms with E-state index in [0.717, 1.165) is 25.9 Å². The molecule has 2 N–H and O–H groups in total. The van der Waals surface area contributed by atoms with Gasteiger partial charge >= 0.3 is 0 Å². The SMILES string of the molecule is COCCNC(=S)NCCC(=O)N1CCCC1. The second-order valence-electron chi connectivity index (χ2n) is 4.01. The summed E-state index contributed by atoms with van der Waals surface area (Å²) < 4.78 is 4.89. The minimum atomic E-state index is 0.217. The van der Waals surface area contributed by atoms with Crippen LogP contribution < -0.4 is 10.6 Å². The standard InChI is InChI=1S/C11H21N3O2S/c1-16-9-6-13-11(17)12-5-4-10(15)14-7-2-3-8-14/h2-9H2,1H3,(H2,12,13,17). The normalized spacial score (nSPS) is 14.8. The number of ether oxygens (including phenoxy) is 1. The first-order chi connectivity index (χ1) is 8.24. The molecule has 1 aliphatic rings. The minimum absolute atomic E-state index is 0.217. The van der Waals surface area contributed by atoms with E-state index >= 15 is 0 Å². The van der Waals surface area contributed by atoms with E-state index in [1.807, 2.05) is 4.90 Å². The van der Waals surface area contributed by atoms with Gasteiger partial charge in [0.2, 0.25) is 5.91 Å². The Morgan fingerprint density at radius 2 is 1.94 bits per heavy atom. The van der Waals surface area contributed by atoms with Gasteiger partial charge in [-0.1, -0.05) is 0 Å². The maximum absolute atomic E-state index is 11.7. The van der Waals surface area contributed by atoms with Crippen LogP contribution in [0.15, 0.2) is 0 Å². The van der Waals surface area contributed by atoms with Gasteiger partial charge in [0.25, 0.3) is 0 Å². The zero-order valence-electron chi connectivity index (χ0n) is 10.3. The molecule has 0 aromatic rings. The van der Waals surface area contributed by atoms with E-state index in [9.17, 15) is 4.79 Å². The van der Waals surface area contributed by atoms with Crippen LogP contribution in [0.25, 0.3) is 0 Å². The third-order valence-corrected chi connectivity index (χ3v) is 2.96. The first-order valence-electron chi connectivity index (χ1n) is 6.02. The molecule has 98 valence electrons. The molecule has 5 nitrogen and oxygen atoms in total. The predicted molar refractivity (Wildman–Crippen MR) is 70.9 cm³/mol. The summed E-state index contributed by atoms with van der Waals surface area (Å²) in [7, 11) is 1.65. The van der Waals surface area contributed by atoms with E-state index in [0.29, 0.717) is 31.2 Å². The van der Waals surface area contributed by atoms with Crippen LogP contribution in [0.2, 0.25) is 0 Å². The molecule has 1 heterocycles. The van der Waals surface area contributed by atoms with Crippen LogP contribution in [-0.2, 0) is 9.53 Å². The van der Waals surface area contributed by atoms with Crippen molar-refractivity contribution in [1.82, 2.24) is 15.5 Å². The topological polar surface area (TPSA) is 53.6 Å². The van der Waals surface area contributed by atoms with Crippen molar-refractivity contribution < 1.29 is 9.53 Å². The lowest BCUT2D eigenvalue weighted by Gasteiger charge is -2.15. The van der Waals surface area contributed by atoms with E-state index in [-0.39, 0.29) is 5.91 Å². The maximum Gasteiger partial charge on any atom is 0.224 e. The Bertz CT molecular complexity index is 255.